The highest BCUT2D eigenvalue weighted by Crippen LogP contribution is 2.12. The van der Waals surface area contributed by atoms with Gasteiger partial charge in [0.25, 0.3) is 0 Å². The number of methoxy groups -OCH3 is 1. The summed E-state index contributed by atoms with van der Waals surface area (Å²) >= 11 is 5.87. The maximum Gasteiger partial charge on any atom is 0.224 e. The van der Waals surface area contributed by atoms with Crippen LogP contribution in [0, 0.1) is 5.92 Å². The molecule has 0 aliphatic carbocycles. The second kappa shape index (κ2) is 8.05. The fourth-order valence-electron chi connectivity index (χ4n) is 1.94. The Labute approximate surface area is 120 Å². The molecule has 1 amide bonds. The summed E-state index contributed by atoms with van der Waals surface area (Å²) in [6, 6.07) is 7.56. The van der Waals surface area contributed by atoms with Gasteiger partial charge in [0.1, 0.15) is 5.75 Å². The van der Waals surface area contributed by atoms with Gasteiger partial charge in [0, 0.05) is 11.9 Å². The van der Waals surface area contributed by atoms with Crippen molar-refractivity contribution in [2.45, 2.75) is 32.7 Å². The van der Waals surface area contributed by atoms with Crippen molar-refractivity contribution < 1.29 is 9.53 Å². The normalized spacial score (nSPS) is 12.3. The molecule has 3 nitrogen and oxygen atoms in total. The minimum absolute atomic E-state index is 0.0106. The average Bonchev–Trinajstić information content (AvgIpc) is 2.38. The van der Waals surface area contributed by atoms with E-state index < -0.39 is 0 Å². The summed E-state index contributed by atoms with van der Waals surface area (Å²) in [7, 11) is 1.62. The molecular formula is C15H22ClNO2. The monoisotopic (exact) mass is 283 g/mol. The first-order valence-corrected chi connectivity index (χ1v) is 7.06. The molecule has 0 heterocycles. The van der Waals surface area contributed by atoms with E-state index in [2.05, 4.69) is 19.2 Å². The average molecular weight is 284 g/mol. The first-order chi connectivity index (χ1) is 9.05. The van der Waals surface area contributed by atoms with Gasteiger partial charge in [0.15, 0.2) is 0 Å². The lowest BCUT2D eigenvalue weighted by Gasteiger charge is -2.18. The largest absolute Gasteiger partial charge is 0.497 e. The zero-order chi connectivity index (χ0) is 14.3. The smallest absolute Gasteiger partial charge is 0.224 e. The molecule has 0 aliphatic rings. The quantitative estimate of drug-likeness (QED) is 0.781. The van der Waals surface area contributed by atoms with Crippen LogP contribution in [-0.4, -0.2) is 24.9 Å². The van der Waals surface area contributed by atoms with Crippen molar-refractivity contribution in [2.24, 2.45) is 5.92 Å². The Hall–Kier alpha value is -1.22. The predicted molar refractivity (Wildman–Crippen MR) is 78.8 cm³/mol. The molecule has 0 spiro atoms. The second-order valence-electron chi connectivity index (χ2n) is 5.07. The number of alkyl halides is 1. The lowest BCUT2D eigenvalue weighted by atomic mass is 10.0. The van der Waals surface area contributed by atoms with Crippen molar-refractivity contribution in [3.05, 3.63) is 29.8 Å². The van der Waals surface area contributed by atoms with Crippen LogP contribution in [0.2, 0.25) is 0 Å². The molecule has 0 radical (unpaired) electrons. The molecule has 0 aromatic heterocycles. The highest BCUT2D eigenvalue weighted by molar-refractivity contribution is 6.18. The van der Waals surface area contributed by atoms with Crippen LogP contribution in [-0.2, 0) is 11.2 Å². The first kappa shape index (κ1) is 15.8. The Kier molecular flexibility index (Phi) is 6.71. The Morgan fingerprint density at radius 2 is 1.95 bits per heavy atom. The standard InChI is InChI=1S/C15H22ClNO2/c1-11(2)8-13(10-16)17-15(18)9-12-4-6-14(19-3)7-5-12/h4-7,11,13H,8-10H2,1-3H3,(H,17,18). The summed E-state index contributed by atoms with van der Waals surface area (Å²) in [6.45, 7) is 4.24. The minimum Gasteiger partial charge on any atom is -0.497 e. The van der Waals surface area contributed by atoms with Crippen molar-refractivity contribution in [2.75, 3.05) is 13.0 Å². The second-order valence-corrected chi connectivity index (χ2v) is 5.38. The van der Waals surface area contributed by atoms with Crippen LogP contribution in [0.4, 0.5) is 0 Å². The van der Waals surface area contributed by atoms with Crippen LogP contribution in [0.1, 0.15) is 25.8 Å². The van der Waals surface area contributed by atoms with Crippen LogP contribution in [0.15, 0.2) is 24.3 Å². The van der Waals surface area contributed by atoms with Gasteiger partial charge in [-0.15, -0.1) is 11.6 Å². The van der Waals surface area contributed by atoms with E-state index in [9.17, 15) is 4.79 Å². The number of carbonyl (C=O) groups is 1. The van der Waals surface area contributed by atoms with Crippen LogP contribution < -0.4 is 10.1 Å². The lowest BCUT2D eigenvalue weighted by molar-refractivity contribution is -0.121. The number of amides is 1. The van der Waals surface area contributed by atoms with E-state index in [1.807, 2.05) is 24.3 Å². The van der Waals surface area contributed by atoms with Gasteiger partial charge in [0.05, 0.1) is 13.5 Å². The van der Waals surface area contributed by atoms with Gasteiger partial charge in [-0.2, -0.15) is 0 Å². The molecule has 1 aromatic rings. The van der Waals surface area contributed by atoms with Crippen molar-refractivity contribution in [1.29, 1.82) is 0 Å². The molecule has 1 N–H and O–H groups in total. The highest BCUT2D eigenvalue weighted by Gasteiger charge is 2.13. The van der Waals surface area contributed by atoms with Gasteiger partial charge in [-0.1, -0.05) is 26.0 Å². The fourth-order valence-corrected chi connectivity index (χ4v) is 2.14. The molecule has 1 rings (SSSR count). The van der Waals surface area contributed by atoms with E-state index >= 15 is 0 Å². The maximum absolute atomic E-state index is 11.9. The Balaban J connectivity index is 2.49. The summed E-state index contributed by atoms with van der Waals surface area (Å²) in [6.07, 6.45) is 1.27. The highest BCUT2D eigenvalue weighted by atomic mass is 35.5. The summed E-state index contributed by atoms with van der Waals surface area (Å²) in [5.41, 5.74) is 0.969. The molecule has 19 heavy (non-hydrogen) atoms. The predicted octanol–water partition coefficient (Wildman–Crippen LogP) is 3.01. The van der Waals surface area contributed by atoms with Gasteiger partial charge in [-0.05, 0) is 30.0 Å². The van der Waals surface area contributed by atoms with E-state index in [0.717, 1.165) is 17.7 Å². The van der Waals surface area contributed by atoms with Crippen LogP contribution in [0.3, 0.4) is 0 Å². The summed E-state index contributed by atoms with van der Waals surface area (Å²) in [5.74, 6) is 1.77. The topological polar surface area (TPSA) is 38.3 Å². The van der Waals surface area contributed by atoms with Crippen molar-refractivity contribution >= 4 is 17.5 Å². The molecule has 0 bridgehead atoms. The Morgan fingerprint density at radius 1 is 1.32 bits per heavy atom. The third-order valence-corrected chi connectivity index (χ3v) is 3.20. The number of hydrogen-bond acceptors (Lipinski definition) is 2. The summed E-state index contributed by atoms with van der Waals surface area (Å²) in [4.78, 5) is 11.9. The van der Waals surface area contributed by atoms with Gasteiger partial charge >= 0.3 is 0 Å². The minimum atomic E-state index is 0.0106. The number of nitrogens with one attached hydrogen (secondary N) is 1. The van der Waals surface area contributed by atoms with Crippen molar-refractivity contribution in [3.63, 3.8) is 0 Å². The molecule has 1 aromatic carbocycles. The van der Waals surface area contributed by atoms with Crippen LogP contribution in [0.5, 0.6) is 5.75 Å². The van der Waals surface area contributed by atoms with Gasteiger partial charge in [-0.25, -0.2) is 0 Å². The Bertz CT molecular complexity index is 390. The van der Waals surface area contributed by atoms with Crippen LogP contribution >= 0.6 is 11.6 Å². The van der Waals surface area contributed by atoms with Gasteiger partial charge in [0.2, 0.25) is 5.91 Å². The van der Waals surface area contributed by atoms with Gasteiger partial charge < -0.3 is 10.1 Å². The SMILES string of the molecule is COc1ccc(CC(=O)NC(CCl)CC(C)C)cc1. The van der Waals surface area contributed by atoms with Gasteiger partial charge in [-0.3, -0.25) is 4.79 Å². The molecule has 0 aliphatic heterocycles. The fraction of sp³-hybridized carbons (Fsp3) is 0.533. The first-order valence-electron chi connectivity index (χ1n) is 6.53. The molecule has 0 fully saturated rings. The van der Waals surface area contributed by atoms with E-state index in [4.69, 9.17) is 16.3 Å². The molecule has 0 saturated heterocycles. The van der Waals surface area contributed by atoms with Crippen molar-refractivity contribution in [3.8, 4) is 5.75 Å². The number of carbonyl (C=O) groups excluding carboxylic acids is 1. The van der Waals surface area contributed by atoms with E-state index in [1.54, 1.807) is 7.11 Å². The van der Waals surface area contributed by atoms with E-state index in [1.165, 1.54) is 0 Å². The molecule has 0 saturated carbocycles. The molecule has 4 heteroatoms. The molecule has 1 atom stereocenters. The number of hydrogen-bond donors (Lipinski definition) is 1. The summed E-state index contributed by atoms with van der Waals surface area (Å²) < 4.78 is 5.08. The lowest BCUT2D eigenvalue weighted by Crippen LogP contribution is -2.38. The van der Waals surface area contributed by atoms with Crippen molar-refractivity contribution in [1.82, 2.24) is 5.32 Å². The Morgan fingerprint density at radius 3 is 2.42 bits per heavy atom. The maximum atomic E-state index is 11.9. The molecule has 106 valence electrons. The van der Waals surface area contributed by atoms with E-state index in [-0.39, 0.29) is 11.9 Å². The third-order valence-electron chi connectivity index (χ3n) is 2.83. The third kappa shape index (κ3) is 5.97. The van der Waals surface area contributed by atoms with E-state index in [0.29, 0.717) is 18.2 Å². The number of benzene rings is 1. The zero-order valence-corrected chi connectivity index (χ0v) is 12.5. The summed E-state index contributed by atoms with van der Waals surface area (Å²) in [5, 5.41) is 2.97. The molecular weight excluding hydrogens is 262 g/mol. The zero-order valence-electron chi connectivity index (χ0n) is 11.8. The van der Waals surface area contributed by atoms with Crippen LogP contribution in [0.25, 0.3) is 0 Å². The number of halogens is 1. The molecule has 1 unspecified atom stereocenters. The number of ether oxygens (including phenoxy) is 1. The number of rotatable bonds is 7.